The van der Waals surface area contributed by atoms with Crippen LogP contribution < -0.4 is 10.1 Å². The molecule has 0 unspecified atom stereocenters. The topological polar surface area (TPSA) is 64.4 Å². The summed E-state index contributed by atoms with van der Waals surface area (Å²) in [6, 6.07) is 12.7. The zero-order valence-electron chi connectivity index (χ0n) is 12.3. The minimum atomic E-state index is -0.166. The van der Waals surface area contributed by atoms with Gasteiger partial charge in [0.25, 0.3) is 5.91 Å². The highest BCUT2D eigenvalue weighted by molar-refractivity contribution is 6.30. The maximum atomic E-state index is 11.8. The number of fused-ring (bicyclic) bond motifs is 1. The Morgan fingerprint density at radius 3 is 2.87 bits per heavy atom. The molecule has 1 N–H and O–H groups in total. The van der Waals surface area contributed by atoms with E-state index in [0.29, 0.717) is 23.7 Å². The zero-order valence-corrected chi connectivity index (χ0v) is 13.0. The van der Waals surface area contributed by atoms with E-state index in [1.165, 1.54) is 6.39 Å². The Bertz CT molecular complexity index is 799. The van der Waals surface area contributed by atoms with Crippen LogP contribution in [0.25, 0.3) is 11.1 Å². The van der Waals surface area contributed by atoms with Crippen LogP contribution in [0.3, 0.4) is 0 Å². The van der Waals surface area contributed by atoms with Crippen molar-refractivity contribution in [2.45, 2.75) is 6.42 Å². The average Bonchev–Trinajstić information content (AvgIpc) is 3.02. The Morgan fingerprint density at radius 1 is 1.22 bits per heavy atom. The van der Waals surface area contributed by atoms with Gasteiger partial charge in [-0.1, -0.05) is 17.7 Å². The Morgan fingerprint density at radius 2 is 2.04 bits per heavy atom. The minimum Gasteiger partial charge on any atom is -0.484 e. The van der Waals surface area contributed by atoms with E-state index in [1.54, 1.807) is 24.3 Å². The first-order valence-corrected chi connectivity index (χ1v) is 7.56. The van der Waals surface area contributed by atoms with Crippen LogP contribution in [0, 0.1) is 0 Å². The van der Waals surface area contributed by atoms with E-state index in [-0.39, 0.29) is 12.5 Å². The average molecular weight is 331 g/mol. The Hall–Kier alpha value is -2.53. The monoisotopic (exact) mass is 330 g/mol. The molecule has 1 amide bonds. The van der Waals surface area contributed by atoms with E-state index in [2.05, 4.69) is 10.3 Å². The van der Waals surface area contributed by atoms with E-state index in [4.69, 9.17) is 20.8 Å². The van der Waals surface area contributed by atoms with Crippen LogP contribution in [0.1, 0.15) is 5.56 Å². The molecule has 0 fully saturated rings. The fraction of sp³-hybridized carbons (Fsp3) is 0.176. The molecule has 0 saturated carbocycles. The van der Waals surface area contributed by atoms with Crippen LogP contribution in [-0.2, 0) is 11.2 Å². The van der Waals surface area contributed by atoms with Crippen LogP contribution in [0.5, 0.6) is 5.75 Å². The lowest BCUT2D eigenvalue weighted by molar-refractivity contribution is -0.123. The van der Waals surface area contributed by atoms with Gasteiger partial charge in [0, 0.05) is 11.6 Å². The number of carbonyl (C=O) groups excluding carboxylic acids is 1. The lowest BCUT2D eigenvalue weighted by atomic mass is 10.1. The number of ether oxygens (including phenoxy) is 1. The van der Waals surface area contributed by atoms with Crippen molar-refractivity contribution in [2.24, 2.45) is 0 Å². The molecular weight excluding hydrogens is 316 g/mol. The minimum absolute atomic E-state index is 0.0250. The molecular formula is C17H15ClN2O3. The third kappa shape index (κ3) is 4.23. The molecule has 0 radical (unpaired) electrons. The normalized spacial score (nSPS) is 10.7. The number of rotatable bonds is 6. The second kappa shape index (κ2) is 7.15. The SMILES string of the molecule is O=C(COc1ccc(Cl)cc1)NCCc1ccc2ncoc2c1. The van der Waals surface area contributed by atoms with Gasteiger partial charge < -0.3 is 14.5 Å². The highest BCUT2D eigenvalue weighted by Crippen LogP contribution is 2.15. The lowest BCUT2D eigenvalue weighted by Gasteiger charge is -2.07. The van der Waals surface area contributed by atoms with Crippen LogP contribution in [0.15, 0.2) is 53.3 Å². The fourth-order valence-electron chi connectivity index (χ4n) is 2.13. The standard InChI is InChI=1S/C17H15ClN2O3/c18-13-2-4-14(5-3-13)22-10-17(21)19-8-7-12-1-6-15-16(9-12)23-11-20-15/h1-6,9,11H,7-8,10H2,(H,19,21). The summed E-state index contributed by atoms with van der Waals surface area (Å²) in [5, 5.41) is 3.45. The van der Waals surface area contributed by atoms with Gasteiger partial charge in [-0.25, -0.2) is 4.98 Å². The predicted octanol–water partition coefficient (Wildman–Crippen LogP) is 3.22. The number of nitrogens with one attached hydrogen (secondary N) is 1. The van der Waals surface area contributed by atoms with Crippen LogP contribution in [0.2, 0.25) is 5.02 Å². The first-order chi connectivity index (χ1) is 11.2. The van der Waals surface area contributed by atoms with Crippen LogP contribution in [0.4, 0.5) is 0 Å². The Labute approximate surface area is 138 Å². The molecule has 0 bridgehead atoms. The molecule has 0 atom stereocenters. The summed E-state index contributed by atoms with van der Waals surface area (Å²) in [4.78, 5) is 15.8. The summed E-state index contributed by atoms with van der Waals surface area (Å²) >= 11 is 5.78. The van der Waals surface area contributed by atoms with Gasteiger partial charge in [0.05, 0.1) is 0 Å². The quantitative estimate of drug-likeness (QED) is 0.753. The summed E-state index contributed by atoms with van der Waals surface area (Å²) in [6.45, 7) is 0.505. The summed E-state index contributed by atoms with van der Waals surface area (Å²) in [6.07, 6.45) is 2.13. The number of amides is 1. The van der Waals surface area contributed by atoms with E-state index in [0.717, 1.165) is 16.7 Å². The predicted molar refractivity (Wildman–Crippen MR) is 87.7 cm³/mol. The zero-order chi connectivity index (χ0) is 16.1. The number of oxazole rings is 1. The molecule has 0 saturated heterocycles. The highest BCUT2D eigenvalue weighted by atomic mass is 35.5. The second-order valence-electron chi connectivity index (χ2n) is 5.00. The van der Waals surface area contributed by atoms with Crippen molar-refractivity contribution in [3.05, 3.63) is 59.4 Å². The van der Waals surface area contributed by atoms with E-state index < -0.39 is 0 Å². The van der Waals surface area contributed by atoms with Gasteiger partial charge in [-0.3, -0.25) is 4.79 Å². The number of halogens is 1. The molecule has 2 aromatic carbocycles. The van der Waals surface area contributed by atoms with Crippen molar-refractivity contribution in [1.29, 1.82) is 0 Å². The van der Waals surface area contributed by atoms with Crippen molar-refractivity contribution in [3.63, 3.8) is 0 Å². The van der Waals surface area contributed by atoms with Gasteiger partial charge in [-0.2, -0.15) is 0 Å². The largest absolute Gasteiger partial charge is 0.484 e. The first-order valence-electron chi connectivity index (χ1n) is 7.18. The molecule has 3 rings (SSSR count). The van der Waals surface area contributed by atoms with E-state index in [9.17, 15) is 4.79 Å². The maximum Gasteiger partial charge on any atom is 0.257 e. The highest BCUT2D eigenvalue weighted by Gasteiger charge is 2.04. The number of carbonyl (C=O) groups is 1. The molecule has 118 valence electrons. The number of nitrogens with zero attached hydrogens (tertiary/aromatic N) is 1. The molecule has 6 heteroatoms. The van der Waals surface area contributed by atoms with E-state index in [1.807, 2.05) is 18.2 Å². The van der Waals surface area contributed by atoms with Gasteiger partial charge in [0.1, 0.15) is 11.3 Å². The molecule has 0 aliphatic heterocycles. The molecule has 0 aliphatic carbocycles. The van der Waals surface area contributed by atoms with Crippen molar-refractivity contribution in [3.8, 4) is 5.75 Å². The second-order valence-corrected chi connectivity index (χ2v) is 5.43. The van der Waals surface area contributed by atoms with Gasteiger partial charge in [-0.15, -0.1) is 0 Å². The Kier molecular flexibility index (Phi) is 4.78. The van der Waals surface area contributed by atoms with Gasteiger partial charge in [-0.05, 0) is 48.4 Å². The van der Waals surface area contributed by atoms with Crippen molar-refractivity contribution in [2.75, 3.05) is 13.2 Å². The van der Waals surface area contributed by atoms with Gasteiger partial charge >= 0.3 is 0 Å². The summed E-state index contributed by atoms with van der Waals surface area (Å²) < 4.78 is 10.6. The number of aromatic nitrogens is 1. The van der Waals surface area contributed by atoms with Crippen molar-refractivity contribution in [1.82, 2.24) is 10.3 Å². The molecule has 23 heavy (non-hydrogen) atoms. The van der Waals surface area contributed by atoms with Crippen molar-refractivity contribution < 1.29 is 13.9 Å². The number of benzene rings is 2. The third-order valence-corrected chi connectivity index (χ3v) is 3.57. The number of hydrogen-bond acceptors (Lipinski definition) is 4. The van der Waals surface area contributed by atoms with E-state index >= 15 is 0 Å². The molecule has 0 spiro atoms. The van der Waals surface area contributed by atoms with Gasteiger partial charge in [0.2, 0.25) is 0 Å². The summed E-state index contributed by atoms with van der Waals surface area (Å²) in [5.74, 6) is 0.445. The summed E-state index contributed by atoms with van der Waals surface area (Å²) in [5.41, 5.74) is 2.65. The molecule has 0 aliphatic rings. The Balaban J connectivity index is 1.42. The molecule has 1 heterocycles. The molecule has 1 aromatic heterocycles. The van der Waals surface area contributed by atoms with Crippen molar-refractivity contribution >= 4 is 28.6 Å². The van der Waals surface area contributed by atoms with Crippen LogP contribution in [-0.4, -0.2) is 24.0 Å². The first kappa shape index (κ1) is 15.4. The van der Waals surface area contributed by atoms with Crippen LogP contribution >= 0.6 is 11.6 Å². The molecule has 5 nitrogen and oxygen atoms in total. The lowest BCUT2D eigenvalue weighted by Crippen LogP contribution is -2.30. The van der Waals surface area contributed by atoms with Gasteiger partial charge in [0.15, 0.2) is 18.6 Å². The fourth-order valence-corrected chi connectivity index (χ4v) is 2.26. The third-order valence-electron chi connectivity index (χ3n) is 3.32. The summed E-state index contributed by atoms with van der Waals surface area (Å²) in [7, 11) is 0. The molecule has 3 aromatic rings. The maximum absolute atomic E-state index is 11.8. The number of hydrogen-bond donors (Lipinski definition) is 1. The smallest absolute Gasteiger partial charge is 0.257 e.